The van der Waals surface area contributed by atoms with Crippen LogP contribution in [0.15, 0.2) is 33.5 Å². The van der Waals surface area contributed by atoms with E-state index in [-0.39, 0.29) is 5.43 Å². The van der Waals surface area contributed by atoms with Crippen LogP contribution in [0.1, 0.15) is 30.1 Å². The number of rotatable bonds is 1. The van der Waals surface area contributed by atoms with Crippen molar-refractivity contribution in [2.45, 2.75) is 25.7 Å². The first-order valence-corrected chi connectivity index (χ1v) is 6.50. The topological polar surface area (TPSA) is 42.2 Å². The zero-order valence-corrected chi connectivity index (χ0v) is 10.5. The largest absolute Gasteiger partial charge is 0.460 e. The van der Waals surface area contributed by atoms with Gasteiger partial charge in [0.1, 0.15) is 11.3 Å². The van der Waals surface area contributed by atoms with Crippen molar-refractivity contribution in [2.75, 3.05) is 13.1 Å². The summed E-state index contributed by atoms with van der Waals surface area (Å²) in [6.45, 7) is 3.98. The molecule has 0 unspecified atom stereocenters. The zero-order valence-electron chi connectivity index (χ0n) is 10.5. The first-order chi connectivity index (χ1) is 8.75. The van der Waals surface area contributed by atoms with Crippen molar-refractivity contribution in [3.8, 4) is 0 Å². The SMILES string of the molecule is Cc1cccc2c(=O)cc(C3CCNCC3)oc12. The van der Waals surface area contributed by atoms with Gasteiger partial charge >= 0.3 is 0 Å². The molecule has 0 bridgehead atoms. The second-order valence-corrected chi connectivity index (χ2v) is 4.99. The van der Waals surface area contributed by atoms with Gasteiger partial charge in [-0.2, -0.15) is 0 Å². The summed E-state index contributed by atoms with van der Waals surface area (Å²) in [7, 11) is 0. The van der Waals surface area contributed by atoms with Crippen LogP contribution in [-0.2, 0) is 0 Å². The van der Waals surface area contributed by atoms with Gasteiger partial charge in [-0.1, -0.05) is 12.1 Å². The van der Waals surface area contributed by atoms with E-state index in [2.05, 4.69) is 5.32 Å². The molecular formula is C15H17NO2. The summed E-state index contributed by atoms with van der Waals surface area (Å²) in [6.07, 6.45) is 2.08. The predicted octanol–water partition coefficient (Wildman–Crippen LogP) is 2.57. The maximum absolute atomic E-state index is 12.1. The summed E-state index contributed by atoms with van der Waals surface area (Å²) in [5.74, 6) is 1.23. The molecule has 1 saturated heterocycles. The molecule has 3 nitrogen and oxygen atoms in total. The van der Waals surface area contributed by atoms with Crippen LogP contribution in [0.25, 0.3) is 11.0 Å². The van der Waals surface area contributed by atoms with Crippen molar-refractivity contribution in [1.29, 1.82) is 0 Å². The van der Waals surface area contributed by atoms with Crippen LogP contribution in [0.3, 0.4) is 0 Å². The van der Waals surface area contributed by atoms with Crippen LogP contribution in [0.2, 0.25) is 0 Å². The highest BCUT2D eigenvalue weighted by Gasteiger charge is 2.19. The van der Waals surface area contributed by atoms with E-state index in [0.717, 1.165) is 42.8 Å². The molecule has 0 atom stereocenters. The molecule has 94 valence electrons. The molecule has 3 rings (SSSR count). The minimum atomic E-state index is 0.0773. The molecule has 0 aliphatic carbocycles. The van der Waals surface area contributed by atoms with Crippen LogP contribution in [0.5, 0.6) is 0 Å². The van der Waals surface area contributed by atoms with Crippen molar-refractivity contribution < 1.29 is 4.42 Å². The van der Waals surface area contributed by atoms with E-state index in [4.69, 9.17) is 4.42 Å². The van der Waals surface area contributed by atoms with Gasteiger partial charge in [-0.3, -0.25) is 4.79 Å². The van der Waals surface area contributed by atoms with Gasteiger partial charge in [0.25, 0.3) is 0 Å². The minimum Gasteiger partial charge on any atom is -0.460 e. The van der Waals surface area contributed by atoms with E-state index in [9.17, 15) is 4.79 Å². The highest BCUT2D eigenvalue weighted by Crippen LogP contribution is 2.27. The fraction of sp³-hybridized carbons (Fsp3) is 0.400. The lowest BCUT2D eigenvalue weighted by molar-refractivity contribution is 0.392. The number of hydrogen-bond acceptors (Lipinski definition) is 3. The van der Waals surface area contributed by atoms with Crippen molar-refractivity contribution in [3.63, 3.8) is 0 Å². The molecule has 1 aromatic carbocycles. The highest BCUT2D eigenvalue weighted by molar-refractivity contribution is 5.79. The van der Waals surface area contributed by atoms with Crippen molar-refractivity contribution in [1.82, 2.24) is 5.32 Å². The predicted molar refractivity (Wildman–Crippen MR) is 72.1 cm³/mol. The number of aryl methyl sites for hydroxylation is 1. The molecular weight excluding hydrogens is 226 g/mol. The van der Waals surface area contributed by atoms with Crippen molar-refractivity contribution in [2.24, 2.45) is 0 Å². The second kappa shape index (κ2) is 4.58. The normalized spacial score (nSPS) is 17.2. The number of piperidine rings is 1. The van der Waals surface area contributed by atoms with Gasteiger partial charge in [-0.25, -0.2) is 0 Å². The lowest BCUT2D eigenvalue weighted by Crippen LogP contribution is -2.27. The summed E-state index contributed by atoms with van der Waals surface area (Å²) < 4.78 is 5.99. The summed E-state index contributed by atoms with van der Waals surface area (Å²) in [5.41, 5.74) is 1.85. The Hall–Kier alpha value is -1.61. The Morgan fingerprint density at radius 2 is 2.06 bits per heavy atom. The van der Waals surface area contributed by atoms with E-state index in [1.165, 1.54) is 0 Å². The fourth-order valence-electron chi connectivity index (χ4n) is 2.64. The van der Waals surface area contributed by atoms with Gasteiger partial charge in [-0.15, -0.1) is 0 Å². The van der Waals surface area contributed by atoms with Crippen molar-refractivity contribution in [3.05, 3.63) is 45.8 Å². The molecule has 18 heavy (non-hydrogen) atoms. The Morgan fingerprint density at radius 1 is 1.28 bits per heavy atom. The number of hydrogen-bond donors (Lipinski definition) is 1. The quantitative estimate of drug-likeness (QED) is 0.837. The van der Waals surface area contributed by atoms with Gasteiger partial charge < -0.3 is 9.73 Å². The zero-order chi connectivity index (χ0) is 12.5. The molecule has 1 N–H and O–H groups in total. The molecule has 0 amide bonds. The Labute approximate surface area is 106 Å². The summed E-state index contributed by atoms with van der Waals surface area (Å²) in [4.78, 5) is 12.1. The van der Waals surface area contributed by atoms with Crippen LogP contribution < -0.4 is 10.7 Å². The molecule has 0 saturated carbocycles. The first kappa shape index (κ1) is 11.5. The molecule has 3 heteroatoms. The van der Waals surface area contributed by atoms with E-state index in [1.807, 2.05) is 25.1 Å². The Kier molecular flexibility index (Phi) is 2.92. The highest BCUT2D eigenvalue weighted by atomic mass is 16.3. The van der Waals surface area contributed by atoms with Gasteiger partial charge in [-0.05, 0) is 44.5 Å². The Bertz CT molecular complexity index is 624. The summed E-state index contributed by atoms with van der Waals surface area (Å²) in [6, 6.07) is 7.40. The van der Waals surface area contributed by atoms with Crippen LogP contribution >= 0.6 is 0 Å². The minimum absolute atomic E-state index is 0.0773. The lowest BCUT2D eigenvalue weighted by atomic mass is 9.95. The van der Waals surface area contributed by atoms with Crippen LogP contribution in [0, 0.1) is 6.92 Å². The lowest BCUT2D eigenvalue weighted by Gasteiger charge is -2.21. The van der Waals surface area contributed by atoms with Gasteiger partial charge in [0.05, 0.1) is 5.39 Å². The third kappa shape index (κ3) is 1.95. The average molecular weight is 243 g/mol. The van der Waals surface area contributed by atoms with E-state index in [0.29, 0.717) is 11.3 Å². The van der Waals surface area contributed by atoms with Gasteiger partial charge in [0, 0.05) is 12.0 Å². The fourth-order valence-corrected chi connectivity index (χ4v) is 2.64. The van der Waals surface area contributed by atoms with Crippen molar-refractivity contribution >= 4 is 11.0 Å². The number of benzene rings is 1. The van der Waals surface area contributed by atoms with Gasteiger partial charge in [0.15, 0.2) is 5.43 Å². The maximum atomic E-state index is 12.1. The van der Waals surface area contributed by atoms with Gasteiger partial charge in [0.2, 0.25) is 0 Å². The number of fused-ring (bicyclic) bond motifs is 1. The smallest absolute Gasteiger partial charge is 0.192 e. The summed E-state index contributed by atoms with van der Waals surface area (Å²) >= 11 is 0. The molecule has 0 radical (unpaired) electrons. The maximum Gasteiger partial charge on any atom is 0.192 e. The van der Waals surface area contributed by atoms with E-state index in [1.54, 1.807) is 6.07 Å². The number of nitrogens with one attached hydrogen (secondary N) is 1. The molecule has 1 aromatic heterocycles. The van der Waals surface area contributed by atoms with Crippen LogP contribution in [0.4, 0.5) is 0 Å². The monoisotopic (exact) mass is 243 g/mol. The standard InChI is InChI=1S/C15H17NO2/c1-10-3-2-4-12-13(17)9-14(18-15(10)12)11-5-7-16-8-6-11/h2-4,9,11,16H,5-8H2,1H3. The second-order valence-electron chi connectivity index (χ2n) is 4.99. The molecule has 0 spiro atoms. The van der Waals surface area contributed by atoms with E-state index >= 15 is 0 Å². The summed E-state index contributed by atoms with van der Waals surface area (Å²) in [5, 5.41) is 4.02. The molecule has 1 aliphatic rings. The van der Waals surface area contributed by atoms with E-state index < -0.39 is 0 Å². The Balaban J connectivity index is 2.14. The molecule has 1 aliphatic heterocycles. The average Bonchev–Trinajstić information content (AvgIpc) is 2.41. The Morgan fingerprint density at radius 3 is 2.83 bits per heavy atom. The third-order valence-corrected chi connectivity index (χ3v) is 3.71. The third-order valence-electron chi connectivity index (χ3n) is 3.71. The first-order valence-electron chi connectivity index (χ1n) is 6.50. The molecule has 1 fully saturated rings. The molecule has 2 aromatic rings. The number of para-hydroxylation sites is 1. The molecule has 2 heterocycles. The van der Waals surface area contributed by atoms with Crippen LogP contribution in [-0.4, -0.2) is 13.1 Å².